The smallest absolute Gasteiger partial charge is 0.576 e. The van der Waals surface area contributed by atoms with Gasteiger partial charge in [-0.15, -0.1) is 42.1 Å². The molecular formula is C45H49NOPZr. The third kappa shape index (κ3) is 13.7. The van der Waals surface area contributed by atoms with Crippen molar-refractivity contribution in [2.45, 2.75) is 39.5 Å². The molecule has 0 aliphatic carbocycles. The van der Waals surface area contributed by atoms with Crippen molar-refractivity contribution >= 4 is 23.6 Å². The molecule has 1 N–H and O–H groups in total. The molecule has 0 saturated heterocycles. The van der Waals surface area contributed by atoms with Gasteiger partial charge in [0, 0.05) is 0 Å². The van der Waals surface area contributed by atoms with Crippen molar-refractivity contribution in [1.82, 2.24) is 0 Å². The van der Waals surface area contributed by atoms with Crippen LogP contribution in [0.3, 0.4) is 0 Å². The molecule has 6 aromatic rings. The van der Waals surface area contributed by atoms with Gasteiger partial charge in [0.05, 0.1) is 10.6 Å². The molecule has 0 aliphatic rings. The monoisotopic (exact) mass is 740 g/mol. The molecule has 0 fully saturated rings. The van der Waals surface area contributed by atoms with Gasteiger partial charge in [0.25, 0.3) is 0 Å². The van der Waals surface area contributed by atoms with Crippen molar-refractivity contribution in [3.05, 3.63) is 224 Å². The van der Waals surface area contributed by atoms with E-state index in [9.17, 15) is 4.57 Å². The predicted octanol–water partition coefficient (Wildman–Crippen LogP) is 12.4. The van der Waals surface area contributed by atoms with Crippen molar-refractivity contribution in [3.63, 3.8) is 0 Å². The van der Waals surface area contributed by atoms with Crippen LogP contribution < -0.4 is 10.6 Å². The van der Waals surface area contributed by atoms with Gasteiger partial charge in [-0.25, -0.2) is 0 Å². The fourth-order valence-electron chi connectivity index (χ4n) is 4.74. The van der Waals surface area contributed by atoms with Gasteiger partial charge < -0.3 is 9.65 Å². The van der Waals surface area contributed by atoms with Crippen LogP contribution in [0.2, 0.25) is 0 Å². The van der Waals surface area contributed by atoms with Crippen molar-refractivity contribution in [3.8, 4) is 0 Å². The van der Waals surface area contributed by atoms with Gasteiger partial charge in [-0.1, -0.05) is 112 Å². The molecule has 0 bridgehead atoms. The molecule has 0 aromatic heterocycles. The molecule has 1 radical (unpaired) electrons. The summed E-state index contributed by atoms with van der Waals surface area (Å²) < 4.78 is 12.0. The average molecular weight is 742 g/mol. The molecule has 0 saturated carbocycles. The van der Waals surface area contributed by atoms with E-state index in [0.29, 0.717) is 11.8 Å². The molecule has 0 unspecified atom stereocenters. The summed E-state index contributed by atoms with van der Waals surface area (Å²) in [5, 5.41) is 6.90. The van der Waals surface area contributed by atoms with E-state index in [0.717, 1.165) is 33.0 Å². The summed E-state index contributed by atoms with van der Waals surface area (Å²) in [4.78, 5) is 0. The van der Waals surface area contributed by atoms with E-state index < -0.39 is 7.29 Å². The topological polar surface area (TPSA) is 35.5 Å². The number of benzene rings is 6. The predicted molar refractivity (Wildman–Crippen MR) is 211 cm³/mol. The van der Waals surface area contributed by atoms with E-state index in [-0.39, 0.29) is 26.2 Å². The Kier molecular flexibility index (Phi) is 18.2. The molecule has 0 amide bonds. The Morgan fingerprint density at radius 3 is 0.918 bits per heavy atom. The molecule has 0 spiro atoms. The Bertz CT molecular complexity index is 1620. The van der Waals surface area contributed by atoms with Crippen molar-refractivity contribution < 1.29 is 30.8 Å². The molecule has 0 atom stereocenters. The van der Waals surface area contributed by atoms with E-state index in [2.05, 4.69) is 66.7 Å². The zero-order chi connectivity index (χ0) is 34.8. The van der Waals surface area contributed by atoms with Crippen LogP contribution in [0.4, 0.5) is 5.69 Å². The summed E-state index contributed by atoms with van der Waals surface area (Å²) in [5.41, 5.74) is 6.54. The fraction of sp³-hybridized carbons (Fsp3) is 0.133. The van der Waals surface area contributed by atoms with Crippen molar-refractivity contribution in [2.24, 2.45) is 0 Å². The van der Waals surface area contributed by atoms with E-state index in [1.807, 2.05) is 152 Å². The van der Waals surface area contributed by atoms with E-state index in [4.69, 9.17) is 5.09 Å². The molecule has 6 rings (SSSR count). The van der Waals surface area contributed by atoms with Gasteiger partial charge in [-0.3, -0.25) is 0 Å². The standard InChI is InChI=1S/C24H27NOP.3C7H7.Zr/c1-18(2)22-16-11-17-23(19(3)4)24(22)25-27(26,20-12-7-5-8-13-20)21-14-9-6-10-15-21;3*1-7-5-3-2-4-6-7;/h5-19H,1-4H3;3*2-6H,1H2;/q4*-1;+3/p+1. The van der Waals surface area contributed by atoms with E-state index in [1.54, 1.807) is 0 Å². The first-order valence-corrected chi connectivity index (χ1v) is 18.0. The first-order valence-electron chi connectivity index (χ1n) is 16.3. The Balaban J connectivity index is 0.000000303. The Labute approximate surface area is 315 Å². The minimum atomic E-state index is -2.90. The molecule has 249 valence electrons. The minimum Gasteiger partial charge on any atom is -0.576 e. The average Bonchev–Trinajstić information content (AvgIpc) is 3.11. The molecule has 0 aliphatic heterocycles. The summed E-state index contributed by atoms with van der Waals surface area (Å²) in [5.74, 6) is 0.671. The zero-order valence-electron chi connectivity index (χ0n) is 29.3. The van der Waals surface area contributed by atoms with E-state index in [1.165, 1.54) is 11.1 Å². The minimum absolute atomic E-state index is 0. The van der Waals surface area contributed by atoms with Gasteiger partial charge in [0.1, 0.15) is 0 Å². The third-order valence-corrected chi connectivity index (χ3v) is 9.87. The SMILES string of the molecule is CC(C)c1cccc(C(C)C)c1[N-]P(=[OH+])(c1ccccc1)c1ccccc1.[CH2-]c1ccccc1.[CH2-]c1ccccc1.[CH2-]c1ccccc1.[Zr+3]. The maximum absolute atomic E-state index is 12.0. The summed E-state index contributed by atoms with van der Waals surface area (Å²) in [6.45, 7) is 19.9. The molecule has 49 heavy (non-hydrogen) atoms. The van der Waals surface area contributed by atoms with Crippen LogP contribution in [0.25, 0.3) is 5.09 Å². The van der Waals surface area contributed by atoms with Crippen LogP contribution >= 0.6 is 7.29 Å². The second-order valence-electron chi connectivity index (χ2n) is 11.9. The Hall–Kier alpha value is -4.16. The second kappa shape index (κ2) is 21.7. The van der Waals surface area contributed by atoms with Crippen molar-refractivity contribution in [1.29, 1.82) is 0 Å². The quantitative estimate of drug-likeness (QED) is 0.0926. The summed E-state index contributed by atoms with van der Waals surface area (Å²) in [6.07, 6.45) is 0. The summed E-state index contributed by atoms with van der Waals surface area (Å²) >= 11 is 0. The van der Waals surface area contributed by atoms with Crippen molar-refractivity contribution in [2.75, 3.05) is 0 Å². The maximum Gasteiger partial charge on any atom is 3.00 e. The fourth-order valence-corrected chi connectivity index (χ4v) is 6.97. The van der Waals surface area contributed by atoms with Crippen LogP contribution in [0.1, 0.15) is 67.3 Å². The molecule has 4 heteroatoms. The first kappa shape index (κ1) is 41.0. The van der Waals surface area contributed by atoms with E-state index >= 15 is 0 Å². The van der Waals surface area contributed by atoms with Gasteiger partial charge in [-0.2, -0.15) is 73.9 Å². The van der Waals surface area contributed by atoms with Crippen LogP contribution in [-0.4, -0.2) is 4.57 Å². The second-order valence-corrected chi connectivity index (χ2v) is 14.4. The molecule has 6 aromatic carbocycles. The normalized spacial score (nSPS) is 10.2. The third-order valence-electron chi connectivity index (χ3n) is 7.35. The molecular weight excluding hydrogens is 693 g/mol. The first-order chi connectivity index (χ1) is 23.1. The Morgan fingerprint density at radius 1 is 0.429 bits per heavy atom. The largest absolute Gasteiger partial charge is 3.00 e. The van der Waals surface area contributed by atoms with Gasteiger partial charge >= 0.3 is 26.2 Å². The van der Waals surface area contributed by atoms with Crippen LogP contribution in [0.15, 0.2) is 170 Å². The number of hydrogen-bond acceptors (Lipinski definition) is 0. The number of hydrogen-bond donors (Lipinski definition) is 0. The van der Waals surface area contributed by atoms with Crippen LogP contribution in [0.5, 0.6) is 0 Å². The molecule has 0 heterocycles. The van der Waals surface area contributed by atoms with Gasteiger partial charge in [-0.05, 0) is 36.1 Å². The maximum atomic E-state index is 12.0. The molecule has 2 nitrogen and oxygen atoms in total. The number of nitrogens with zero attached hydrogens (tertiary/aromatic N) is 1. The van der Waals surface area contributed by atoms with Gasteiger partial charge in [0.15, 0.2) is 0 Å². The van der Waals surface area contributed by atoms with Crippen LogP contribution in [0, 0.1) is 20.8 Å². The summed E-state index contributed by atoms with van der Waals surface area (Å²) in [7, 11) is -2.90. The van der Waals surface area contributed by atoms with Crippen LogP contribution in [-0.2, 0) is 26.2 Å². The zero-order valence-corrected chi connectivity index (χ0v) is 32.6. The number of rotatable bonds is 6. The van der Waals surface area contributed by atoms with Gasteiger partial charge in [0.2, 0.25) is 7.29 Å². The Morgan fingerprint density at radius 2 is 0.694 bits per heavy atom. The summed E-state index contributed by atoms with van der Waals surface area (Å²) in [6, 6.07) is 55.7.